The largest absolute Gasteiger partial charge is 0.349 e. The van der Waals surface area contributed by atoms with E-state index >= 15 is 0 Å². The normalized spacial score (nSPS) is 23.0. The van der Waals surface area contributed by atoms with Crippen molar-refractivity contribution in [2.24, 2.45) is 5.92 Å². The SMILES string of the molecule is O=C(N[C@H]1CCCc2ccccc21)[C@H]1CCCN(S(=O)(=O)c2ccccc2)C1. The van der Waals surface area contributed by atoms with Crippen LogP contribution in [0.4, 0.5) is 0 Å². The van der Waals surface area contributed by atoms with Crippen LogP contribution in [-0.4, -0.2) is 31.7 Å². The van der Waals surface area contributed by atoms with Crippen LogP contribution in [0.3, 0.4) is 0 Å². The Morgan fingerprint density at radius 3 is 2.54 bits per heavy atom. The summed E-state index contributed by atoms with van der Waals surface area (Å²) < 4.78 is 27.3. The summed E-state index contributed by atoms with van der Waals surface area (Å²) in [5.41, 5.74) is 2.50. The van der Waals surface area contributed by atoms with Crippen molar-refractivity contribution < 1.29 is 13.2 Å². The Hall–Kier alpha value is -2.18. The fourth-order valence-corrected chi connectivity index (χ4v) is 5.85. The predicted octanol–water partition coefficient (Wildman–Crippen LogP) is 3.28. The zero-order chi connectivity index (χ0) is 19.6. The number of carbonyl (C=O) groups excluding carboxylic acids is 1. The number of rotatable bonds is 4. The molecule has 148 valence electrons. The van der Waals surface area contributed by atoms with Crippen molar-refractivity contribution in [3.8, 4) is 0 Å². The van der Waals surface area contributed by atoms with E-state index in [0.717, 1.165) is 25.7 Å². The third-order valence-electron chi connectivity index (χ3n) is 5.82. The maximum atomic E-state index is 13.0. The summed E-state index contributed by atoms with van der Waals surface area (Å²) in [6.07, 6.45) is 4.46. The summed E-state index contributed by atoms with van der Waals surface area (Å²) in [6, 6.07) is 16.8. The van der Waals surface area contributed by atoms with Gasteiger partial charge in [-0.15, -0.1) is 0 Å². The van der Waals surface area contributed by atoms with E-state index in [1.165, 1.54) is 15.4 Å². The van der Waals surface area contributed by atoms with Crippen LogP contribution in [0.5, 0.6) is 0 Å². The van der Waals surface area contributed by atoms with E-state index in [1.807, 2.05) is 12.1 Å². The van der Waals surface area contributed by atoms with Crippen LogP contribution in [0.2, 0.25) is 0 Å². The topological polar surface area (TPSA) is 66.5 Å². The van der Waals surface area contributed by atoms with Gasteiger partial charge in [-0.25, -0.2) is 8.42 Å². The van der Waals surface area contributed by atoms with E-state index in [9.17, 15) is 13.2 Å². The lowest BCUT2D eigenvalue weighted by molar-refractivity contribution is -0.127. The van der Waals surface area contributed by atoms with Gasteiger partial charge in [-0.05, 0) is 55.4 Å². The lowest BCUT2D eigenvalue weighted by Crippen LogP contribution is -2.46. The van der Waals surface area contributed by atoms with Crippen LogP contribution in [0.25, 0.3) is 0 Å². The van der Waals surface area contributed by atoms with E-state index < -0.39 is 10.0 Å². The number of nitrogens with one attached hydrogen (secondary N) is 1. The highest BCUT2D eigenvalue weighted by molar-refractivity contribution is 7.89. The molecule has 0 aromatic heterocycles. The quantitative estimate of drug-likeness (QED) is 0.859. The average Bonchev–Trinajstić information content (AvgIpc) is 2.75. The Labute approximate surface area is 166 Å². The smallest absolute Gasteiger partial charge is 0.243 e. The second-order valence-electron chi connectivity index (χ2n) is 7.67. The van der Waals surface area contributed by atoms with E-state index in [0.29, 0.717) is 13.0 Å². The first-order chi connectivity index (χ1) is 13.6. The van der Waals surface area contributed by atoms with E-state index in [-0.39, 0.29) is 29.3 Å². The number of carbonyl (C=O) groups is 1. The lowest BCUT2D eigenvalue weighted by atomic mass is 9.87. The average molecular weight is 399 g/mol. The molecule has 1 saturated heterocycles. The highest BCUT2D eigenvalue weighted by atomic mass is 32.2. The fraction of sp³-hybridized carbons (Fsp3) is 0.409. The molecule has 1 amide bonds. The third kappa shape index (κ3) is 3.84. The maximum absolute atomic E-state index is 13.0. The van der Waals surface area contributed by atoms with Crippen molar-refractivity contribution in [2.75, 3.05) is 13.1 Å². The van der Waals surface area contributed by atoms with E-state index in [2.05, 4.69) is 17.4 Å². The molecule has 0 spiro atoms. The van der Waals surface area contributed by atoms with Crippen LogP contribution in [0, 0.1) is 5.92 Å². The molecule has 2 aromatic carbocycles. The van der Waals surface area contributed by atoms with Gasteiger partial charge in [-0.3, -0.25) is 4.79 Å². The van der Waals surface area contributed by atoms with Crippen LogP contribution in [-0.2, 0) is 21.2 Å². The van der Waals surface area contributed by atoms with Gasteiger partial charge in [0.25, 0.3) is 0 Å². The molecule has 28 heavy (non-hydrogen) atoms. The van der Waals surface area contributed by atoms with Crippen molar-refractivity contribution in [1.82, 2.24) is 9.62 Å². The molecule has 0 unspecified atom stereocenters. The highest BCUT2D eigenvalue weighted by Crippen LogP contribution is 2.30. The number of aryl methyl sites for hydroxylation is 1. The zero-order valence-electron chi connectivity index (χ0n) is 15.9. The molecule has 2 aromatic rings. The zero-order valence-corrected chi connectivity index (χ0v) is 16.7. The minimum absolute atomic E-state index is 0.0264. The summed E-state index contributed by atoms with van der Waals surface area (Å²) in [4.78, 5) is 13.2. The molecule has 0 radical (unpaired) electrons. The molecule has 0 saturated carbocycles. The molecule has 5 nitrogen and oxygen atoms in total. The predicted molar refractivity (Wildman–Crippen MR) is 108 cm³/mol. The number of piperidine rings is 1. The molecule has 2 atom stereocenters. The Morgan fingerprint density at radius 2 is 1.71 bits per heavy atom. The summed E-state index contributed by atoms with van der Waals surface area (Å²) >= 11 is 0. The van der Waals surface area contributed by atoms with Gasteiger partial charge in [0.05, 0.1) is 16.9 Å². The van der Waals surface area contributed by atoms with Gasteiger partial charge in [0.2, 0.25) is 15.9 Å². The number of hydrogen-bond donors (Lipinski definition) is 1. The van der Waals surface area contributed by atoms with Crippen LogP contribution >= 0.6 is 0 Å². The van der Waals surface area contributed by atoms with E-state index in [1.54, 1.807) is 30.3 Å². The summed E-state index contributed by atoms with van der Waals surface area (Å²) in [6.45, 7) is 0.713. The molecule has 1 fully saturated rings. The minimum Gasteiger partial charge on any atom is -0.349 e. The number of sulfonamides is 1. The molecular weight excluding hydrogens is 372 g/mol. The van der Waals surface area contributed by atoms with Crippen molar-refractivity contribution >= 4 is 15.9 Å². The molecule has 1 heterocycles. The molecule has 0 bridgehead atoms. The van der Waals surface area contributed by atoms with Crippen LogP contribution in [0.1, 0.15) is 42.9 Å². The Kier molecular flexibility index (Phi) is 5.51. The van der Waals surface area contributed by atoms with Gasteiger partial charge in [0.15, 0.2) is 0 Å². The molecule has 1 aliphatic heterocycles. The summed E-state index contributed by atoms with van der Waals surface area (Å²) in [5.74, 6) is -0.337. The Bertz CT molecular complexity index is 943. The monoisotopic (exact) mass is 398 g/mol. The van der Waals surface area contributed by atoms with Gasteiger partial charge in [0, 0.05) is 13.1 Å². The highest BCUT2D eigenvalue weighted by Gasteiger charge is 2.34. The third-order valence-corrected chi connectivity index (χ3v) is 7.70. The van der Waals surface area contributed by atoms with Crippen molar-refractivity contribution in [1.29, 1.82) is 0 Å². The first-order valence-corrected chi connectivity index (χ1v) is 11.4. The number of benzene rings is 2. The minimum atomic E-state index is -3.56. The Balaban J connectivity index is 1.46. The van der Waals surface area contributed by atoms with Crippen molar-refractivity contribution in [2.45, 2.75) is 43.0 Å². The van der Waals surface area contributed by atoms with Crippen LogP contribution in [0.15, 0.2) is 59.5 Å². The molecule has 4 rings (SSSR count). The number of nitrogens with zero attached hydrogens (tertiary/aromatic N) is 1. The molecule has 6 heteroatoms. The number of hydrogen-bond acceptors (Lipinski definition) is 3. The Morgan fingerprint density at radius 1 is 0.964 bits per heavy atom. The lowest BCUT2D eigenvalue weighted by Gasteiger charge is -2.33. The van der Waals surface area contributed by atoms with Crippen LogP contribution < -0.4 is 5.32 Å². The maximum Gasteiger partial charge on any atom is 0.243 e. The molecule has 1 aliphatic carbocycles. The second-order valence-corrected chi connectivity index (χ2v) is 9.61. The van der Waals surface area contributed by atoms with Gasteiger partial charge in [0.1, 0.15) is 0 Å². The molecule has 2 aliphatic rings. The van der Waals surface area contributed by atoms with Gasteiger partial charge in [-0.2, -0.15) is 4.31 Å². The van der Waals surface area contributed by atoms with Gasteiger partial charge in [-0.1, -0.05) is 42.5 Å². The standard InChI is InChI=1S/C22H26N2O3S/c25-22(23-21-14-6-9-17-8-4-5-13-20(17)21)18-10-7-15-24(16-18)28(26,27)19-11-2-1-3-12-19/h1-5,8,11-13,18,21H,6-7,9-10,14-16H2,(H,23,25)/t18-,21-/m0/s1. The first kappa shape index (κ1) is 19.2. The van der Waals surface area contributed by atoms with Gasteiger partial charge < -0.3 is 5.32 Å². The van der Waals surface area contributed by atoms with E-state index in [4.69, 9.17) is 0 Å². The number of amides is 1. The summed E-state index contributed by atoms with van der Waals surface area (Å²) in [5, 5.41) is 3.20. The fourth-order valence-electron chi connectivity index (χ4n) is 4.31. The summed E-state index contributed by atoms with van der Waals surface area (Å²) in [7, 11) is -3.56. The van der Waals surface area contributed by atoms with Crippen molar-refractivity contribution in [3.05, 3.63) is 65.7 Å². The van der Waals surface area contributed by atoms with Gasteiger partial charge >= 0.3 is 0 Å². The second kappa shape index (κ2) is 8.05. The first-order valence-electron chi connectivity index (χ1n) is 9.99. The number of fused-ring (bicyclic) bond motifs is 1. The van der Waals surface area contributed by atoms with Crippen molar-refractivity contribution in [3.63, 3.8) is 0 Å². The molecule has 1 N–H and O–H groups in total. The molecular formula is C22H26N2O3S.